The number of halogens is 1. The van der Waals surface area contributed by atoms with Crippen molar-refractivity contribution in [3.63, 3.8) is 0 Å². The van der Waals surface area contributed by atoms with E-state index in [2.05, 4.69) is 0 Å². The van der Waals surface area contributed by atoms with Crippen LogP contribution in [0.1, 0.15) is 44.4 Å². The minimum absolute atomic E-state index is 0.0543. The maximum Gasteiger partial charge on any atom is 0.291 e. The van der Waals surface area contributed by atoms with Gasteiger partial charge in [-0.15, -0.1) is 0 Å². The zero-order chi connectivity index (χ0) is 23.3. The lowest BCUT2D eigenvalue weighted by atomic mass is 9.97. The van der Waals surface area contributed by atoms with Gasteiger partial charge in [0.1, 0.15) is 17.1 Å². The van der Waals surface area contributed by atoms with E-state index < -0.39 is 6.04 Å². The average Bonchev–Trinajstić information content (AvgIpc) is 3.08. The minimum Gasteiger partial charge on any atom is -0.497 e. The number of amides is 1. The molecule has 6 heteroatoms. The number of aryl methyl sites for hydroxylation is 2. The summed E-state index contributed by atoms with van der Waals surface area (Å²) in [6.45, 7) is 4.08. The van der Waals surface area contributed by atoms with Gasteiger partial charge in [-0.25, -0.2) is 4.39 Å². The van der Waals surface area contributed by atoms with Crippen LogP contribution in [0.5, 0.6) is 5.75 Å². The molecule has 33 heavy (non-hydrogen) atoms. The summed E-state index contributed by atoms with van der Waals surface area (Å²) in [4.78, 5) is 28.8. The van der Waals surface area contributed by atoms with Crippen LogP contribution in [0.3, 0.4) is 0 Å². The smallest absolute Gasteiger partial charge is 0.291 e. The summed E-state index contributed by atoms with van der Waals surface area (Å²) in [5.41, 5.74) is 3.97. The van der Waals surface area contributed by atoms with Crippen LogP contribution in [0.4, 0.5) is 4.39 Å². The molecule has 5 nitrogen and oxygen atoms in total. The number of benzene rings is 3. The number of carbonyl (C=O) groups excluding carboxylic acids is 1. The molecule has 1 aliphatic rings. The van der Waals surface area contributed by atoms with Gasteiger partial charge in [0, 0.05) is 6.54 Å². The number of hydrogen-bond donors (Lipinski definition) is 0. The second-order valence-corrected chi connectivity index (χ2v) is 8.34. The Kier molecular flexibility index (Phi) is 5.01. The molecule has 4 aromatic rings. The summed E-state index contributed by atoms with van der Waals surface area (Å²) < 4.78 is 24.7. The zero-order valence-electron chi connectivity index (χ0n) is 18.5. The molecule has 1 amide bonds. The topological polar surface area (TPSA) is 59.8 Å². The third-order valence-electron chi connectivity index (χ3n) is 6.28. The van der Waals surface area contributed by atoms with Gasteiger partial charge in [0.25, 0.3) is 5.91 Å². The predicted octanol–water partition coefficient (Wildman–Crippen LogP) is 5.30. The van der Waals surface area contributed by atoms with Crippen LogP contribution in [-0.4, -0.2) is 17.9 Å². The molecule has 1 aromatic heterocycles. The lowest BCUT2D eigenvalue weighted by Gasteiger charge is -2.25. The van der Waals surface area contributed by atoms with Crippen molar-refractivity contribution in [1.29, 1.82) is 0 Å². The van der Waals surface area contributed by atoms with Gasteiger partial charge in [-0.05, 0) is 72.5 Å². The highest BCUT2D eigenvalue weighted by Crippen LogP contribution is 2.39. The number of hydrogen-bond acceptors (Lipinski definition) is 4. The molecule has 5 rings (SSSR count). The van der Waals surface area contributed by atoms with Crippen LogP contribution >= 0.6 is 0 Å². The van der Waals surface area contributed by atoms with Crippen LogP contribution in [0.25, 0.3) is 11.0 Å². The first-order valence-corrected chi connectivity index (χ1v) is 10.6. The van der Waals surface area contributed by atoms with Gasteiger partial charge in [-0.1, -0.05) is 24.3 Å². The van der Waals surface area contributed by atoms with Crippen LogP contribution in [0.2, 0.25) is 0 Å². The van der Waals surface area contributed by atoms with E-state index in [0.29, 0.717) is 22.3 Å². The van der Waals surface area contributed by atoms with E-state index in [1.54, 1.807) is 42.3 Å². The number of fused-ring (bicyclic) bond motifs is 2. The first kappa shape index (κ1) is 20.9. The summed E-state index contributed by atoms with van der Waals surface area (Å²) in [7, 11) is 1.58. The second-order valence-electron chi connectivity index (χ2n) is 8.34. The molecule has 1 unspecified atom stereocenters. The Morgan fingerprint density at radius 2 is 1.64 bits per heavy atom. The molecule has 3 aromatic carbocycles. The second kappa shape index (κ2) is 7.89. The van der Waals surface area contributed by atoms with Crippen LogP contribution in [0.15, 0.2) is 69.9 Å². The summed E-state index contributed by atoms with van der Waals surface area (Å²) in [6, 6.07) is 16.2. The van der Waals surface area contributed by atoms with Crippen LogP contribution in [-0.2, 0) is 6.54 Å². The Balaban J connectivity index is 1.71. The van der Waals surface area contributed by atoms with Crippen molar-refractivity contribution >= 4 is 16.9 Å². The van der Waals surface area contributed by atoms with E-state index >= 15 is 0 Å². The van der Waals surface area contributed by atoms with Gasteiger partial charge in [-0.2, -0.15) is 0 Å². The van der Waals surface area contributed by atoms with Gasteiger partial charge in [0.2, 0.25) is 5.76 Å². The van der Waals surface area contributed by atoms with Gasteiger partial charge < -0.3 is 14.1 Å². The van der Waals surface area contributed by atoms with Crippen molar-refractivity contribution in [2.75, 3.05) is 7.11 Å². The molecule has 0 saturated heterocycles. The highest BCUT2D eigenvalue weighted by molar-refractivity contribution is 5.99. The number of methoxy groups -OCH3 is 1. The van der Waals surface area contributed by atoms with Crippen molar-refractivity contribution in [1.82, 2.24) is 4.90 Å². The molecule has 2 heterocycles. The standard InChI is InChI=1S/C27H22FNO4/c1-15-12-21-22(13-16(15)2)33-26-23(25(21)30)24(18-6-10-20(32-3)11-7-18)29(27(26)31)14-17-4-8-19(28)9-5-17/h4-13,24H,14H2,1-3H3. The molecule has 0 spiro atoms. The number of ether oxygens (including phenoxy) is 1. The van der Waals surface area contributed by atoms with E-state index in [4.69, 9.17) is 9.15 Å². The maximum absolute atomic E-state index is 13.7. The largest absolute Gasteiger partial charge is 0.497 e. The summed E-state index contributed by atoms with van der Waals surface area (Å²) in [5.74, 6) is 0.00593. The molecule has 0 fully saturated rings. The van der Waals surface area contributed by atoms with E-state index in [1.807, 2.05) is 32.0 Å². The lowest BCUT2D eigenvalue weighted by molar-refractivity contribution is 0.0714. The molecule has 0 radical (unpaired) electrons. The Morgan fingerprint density at radius 1 is 0.970 bits per heavy atom. The van der Waals surface area contributed by atoms with Crippen molar-refractivity contribution in [2.24, 2.45) is 0 Å². The zero-order valence-corrected chi connectivity index (χ0v) is 18.5. The van der Waals surface area contributed by atoms with E-state index in [-0.39, 0.29) is 29.5 Å². The van der Waals surface area contributed by atoms with E-state index in [9.17, 15) is 14.0 Å². The predicted molar refractivity (Wildman–Crippen MR) is 123 cm³/mol. The molecule has 1 atom stereocenters. The highest BCUT2D eigenvalue weighted by Gasteiger charge is 2.42. The molecular weight excluding hydrogens is 421 g/mol. The first-order valence-electron chi connectivity index (χ1n) is 10.6. The van der Waals surface area contributed by atoms with Crippen LogP contribution in [0, 0.1) is 19.7 Å². The molecule has 0 N–H and O–H groups in total. The fourth-order valence-corrected chi connectivity index (χ4v) is 4.36. The first-order chi connectivity index (χ1) is 15.9. The van der Waals surface area contributed by atoms with Gasteiger partial charge >= 0.3 is 0 Å². The summed E-state index contributed by atoms with van der Waals surface area (Å²) in [6.07, 6.45) is 0. The number of rotatable bonds is 4. The fraction of sp³-hybridized carbons (Fsp3) is 0.185. The average molecular weight is 443 g/mol. The monoisotopic (exact) mass is 443 g/mol. The third-order valence-corrected chi connectivity index (χ3v) is 6.28. The molecular formula is C27H22FNO4. The quantitative estimate of drug-likeness (QED) is 0.429. The molecule has 166 valence electrons. The lowest BCUT2D eigenvalue weighted by Crippen LogP contribution is -2.29. The van der Waals surface area contributed by atoms with E-state index in [1.165, 1.54) is 12.1 Å². The van der Waals surface area contributed by atoms with Crippen LogP contribution < -0.4 is 10.2 Å². The van der Waals surface area contributed by atoms with Crippen molar-refractivity contribution in [3.8, 4) is 5.75 Å². The SMILES string of the molecule is COc1ccc(C2c3c(oc4cc(C)c(C)cc4c3=O)C(=O)N2Cc2ccc(F)cc2)cc1. The summed E-state index contributed by atoms with van der Waals surface area (Å²) >= 11 is 0. The molecule has 0 bridgehead atoms. The fourth-order valence-electron chi connectivity index (χ4n) is 4.36. The molecule has 0 aliphatic carbocycles. The van der Waals surface area contributed by atoms with Gasteiger partial charge in [-0.3, -0.25) is 9.59 Å². The van der Waals surface area contributed by atoms with Gasteiger partial charge in [0.05, 0.1) is 24.1 Å². The number of carbonyl (C=O) groups is 1. The minimum atomic E-state index is -0.634. The Labute approximate surface area is 190 Å². The van der Waals surface area contributed by atoms with E-state index in [0.717, 1.165) is 22.3 Å². The van der Waals surface area contributed by atoms with Crippen molar-refractivity contribution in [3.05, 3.63) is 110 Å². The Bertz CT molecular complexity index is 1440. The normalized spacial score (nSPS) is 15.2. The van der Waals surface area contributed by atoms with Crippen molar-refractivity contribution < 1.29 is 18.3 Å². The Hall–Kier alpha value is -3.93. The highest BCUT2D eigenvalue weighted by atomic mass is 19.1. The Morgan fingerprint density at radius 3 is 2.30 bits per heavy atom. The number of nitrogens with zero attached hydrogens (tertiary/aromatic N) is 1. The molecule has 1 aliphatic heterocycles. The van der Waals surface area contributed by atoms with Crippen molar-refractivity contribution in [2.45, 2.75) is 26.4 Å². The van der Waals surface area contributed by atoms with Gasteiger partial charge in [0.15, 0.2) is 5.43 Å². The third kappa shape index (κ3) is 3.48. The summed E-state index contributed by atoms with van der Waals surface area (Å²) in [5, 5.41) is 0.451. The maximum atomic E-state index is 13.7. The molecule has 0 saturated carbocycles.